The van der Waals surface area contributed by atoms with E-state index in [1.807, 2.05) is 0 Å². The molecule has 0 aliphatic rings. The summed E-state index contributed by atoms with van der Waals surface area (Å²) in [5.74, 6) is 0. The highest BCUT2D eigenvalue weighted by Crippen LogP contribution is 2.37. The van der Waals surface area contributed by atoms with Crippen molar-refractivity contribution in [2.24, 2.45) is 0 Å². The fourth-order valence-electron chi connectivity index (χ4n) is 3.43. The standard InChI is InChI=1S/C24H15ClF6N2O4S3/c25-22-10-9-21(38-22)14-7-8-19(32-39(34,35)17-5-1-3-15(12-17)23(26,27)28)20(11-14)33-40(36,37)18-6-2-4-16(13-18)24(29,30)31/h1-13,32-33H. The van der Waals surface area contributed by atoms with Crippen LogP contribution in [-0.4, -0.2) is 16.8 Å². The van der Waals surface area contributed by atoms with Gasteiger partial charge in [0.05, 0.1) is 36.6 Å². The zero-order valence-corrected chi connectivity index (χ0v) is 22.7. The van der Waals surface area contributed by atoms with Gasteiger partial charge in [-0.2, -0.15) is 26.3 Å². The highest BCUT2D eigenvalue weighted by Gasteiger charge is 2.33. The summed E-state index contributed by atoms with van der Waals surface area (Å²) in [6, 6.07) is 12.6. The molecule has 2 N–H and O–H groups in total. The van der Waals surface area contributed by atoms with Crippen molar-refractivity contribution in [3.8, 4) is 10.4 Å². The SMILES string of the molecule is O=S(=O)(Nc1ccc(-c2ccc(Cl)s2)cc1NS(=O)(=O)c1cccc(C(F)(F)F)c1)c1cccc(C(F)(F)F)c1. The van der Waals surface area contributed by atoms with Gasteiger partial charge in [0.25, 0.3) is 20.0 Å². The van der Waals surface area contributed by atoms with Crippen molar-refractivity contribution in [3.63, 3.8) is 0 Å². The van der Waals surface area contributed by atoms with E-state index < -0.39 is 64.7 Å². The molecule has 1 heterocycles. The molecule has 0 radical (unpaired) electrons. The topological polar surface area (TPSA) is 92.3 Å². The van der Waals surface area contributed by atoms with Gasteiger partial charge in [-0.05, 0) is 66.2 Å². The highest BCUT2D eigenvalue weighted by atomic mass is 35.5. The fourth-order valence-corrected chi connectivity index (χ4v) is 6.71. The summed E-state index contributed by atoms with van der Waals surface area (Å²) in [4.78, 5) is -0.987. The van der Waals surface area contributed by atoms with Crippen LogP contribution in [0, 0.1) is 0 Å². The van der Waals surface area contributed by atoms with Crippen LogP contribution in [0.5, 0.6) is 0 Å². The summed E-state index contributed by atoms with van der Waals surface area (Å²) in [6.45, 7) is 0. The monoisotopic (exact) mass is 640 g/mol. The molecule has 0 spiro atoms. The maximum Gasteiger partial charge on any atom is 0.416 e. The quantitative estimate of drug-likeness (QED) is 0.203. The van der Waals surface area contributed by atoms with Crippen LogP contribution in [0.3, 0.4) is 0 Å². The van der Waals surface area contributed by atoms with Crippen LogP contribution < -0.4 is 9.44 Å². The number of halogens is 7. The van der Waals surface area contributed by atoms with Gasteiger partial charge in [-0.3, -0.25) is 9.44 Å². The van der Waals surface area contributed by atoms with E-state index in [1.165, 1.54) is 12.1 Å². The van der Waals surface area contributed by atoms with E-state index in [2.05, 4.69) is 9.44 Å². The first-order valence-corrected chi connectivity index (χ1v) is 14.9. The van der Waals surface area contributed by atoms with Gasteiger partial charge in [0.15, 0.2) is 0 Å². The predicted octanol–water partition coefficient (Wildman–Crippen LogP) is 7.71. The molecule has 0 atom stereocenters. The van der Waals surface area contributed by atoms with E-state index in [-0.39, 0.29) is 0 Å². The van der Waals surface area contributed by atoms with Gasteiger partial charge in [-0.25, -0.2) is 16.8 Å². The van der Waals surface area contributed by atoms with Crippen molar-refractivity contribution >= 4 is 54.4 Å². The third-order valence-electron chi connectivity index (χ3n) is 5.31. The molecule has 4 aromatic rings. The lowest BCUT2D eigenvalue weighted by atomic mass is 10.1. The number of hydrogen-bond donors (Lipinski definition) is 2. The molecule has 0 saturated heterocycles. The Morgan fingerprint density at radius 3 is 1.57 bits per heavy atom. The van der Waals surface area contributed by atoms with E-state index in [9.17, 15) is 43.2 Å². The summed E-state index contributed by atoms with van der Waals surface area (Å²) in [5, 5.41) is 0. The summed E-state index contributed by atoms with van der Waals surface area (Å²) in [7, 11) is -9.41. The molecular weight excluding hydrogens is 626 g/mol. The molecule has 6 nitrogen and oxygen atoms in total. The molecule has 212 valence electrons. The van der Waals surface area contributed by atoms with Gasteiger partial charge in [-0.1, -0.05) is 29.8 Å². The summed E-state index contributed by atoms with van der Waals surface area (Å²) in [5.41, 5.74) is -2.91. The molecule has 40 heavy (non-hydrogen) atoms. The average molecular weight is 641 g/mol. The Hall–Kier alpha value is -3.27. The maximum atomic E-state index is 13.2. The number of thiophene rings is 1. The minimum absolute atomic E-state index is 0.362. The average Bonchev–Trinajstić information content (AvgIpc) is 3.30. The lowest BCUT2D eigenvalue weighted by Crippen LogP contribution is -2.18. The second-order valence-electron chi connectivity index (χ2n) is 8.13. The smallest absolute Gasteiger partial charge is 0.277 e. The van der Waals surface area contributed by atoms with Crippen LogP contribution in [0.4, 0.5) is 37.7 Å². The van der Waals surface area contributed by atoms with Gasteiger partial charge in [0.1, 0.15) is 0 Å². The fraction of sp³-hybridized carbons (Fsp3) is 0.0833. The summed E-state index contributed by atoms with van der Waals surface area (Å²) in [6.07, 6.45) is -9.67. The molecule has 3 aromatic carbocycles. The van der Waals surface area contributed by atoms with Crippen molar-refractivity contribution < 1.29 is 43.2 Å². The Bertz CT molecular complexity index is 1790. The Labute approximate surface area is 233 Å². The molecule has 0 amide bonds. The normalized spacial score (nSPS) is 12.8. The third kappa shape index (κ3) is 6.71. The van der Waals surface area contributed by atoms with Gasteiger partial charge < -0.3 is 0 Å². The highest BCUT2D eigenvalue weighted by molar-refractivity contribution is 7.93. The summed E-state index contributed by atoms with van der Waals surface area (Å²) < 4.78 is 136. The van der Waals surface area contributed by atoms with E-state index in [0.717, 1.165) is 41.7 Å². The van der Waals surface area contributed by atoms with E-state index >= 15 is 0 Å². The Morgan fingerprint density at radius 1 is 0.625 bits per heavy atom. The van der Waals surface area contributed by atoms with Crippen LogP contribution in [0.1, 0.15) is 11.1 Å². The molecule has 0 fully saturated rings. The minimum atomic E-state index is -4.84. The molecular formula is C24H15ClF6N2O4S3. The molecule has 0 aliphatic heterocycles. The van der Waals surface area contributed by atoms with Crippen molar-refractivity contribution in [3.05, 3.63) is 94.3 Å². The van der Waals surface area contributed by atoms with Crippen LogP contribution in [0.2, 0.25) is 4.34 Å². The Kier molecular flexibility index (Phi) is 7.88. The molecule has 1 aromatic heterocycles. The number of nitrogens with one attached hydrogen (secondary N) is 2. The number of benzene rings is 3. The minimum Gasteiger partial charge on any atom is -0.277 e. The maximum absolute atomic E-state index is 13.2. The molecule has 0 saturated carbocycles. The number of rotatable bonds is 7. The van der Waals surface area contributed by atoms with Crippen LogP contribution in [0.25, 0.3) is 10.4 Å². The number of hydrogen-bond acceptors (Lipinski definition) is 5. The second-order valence-corrected chi connectivity index (χ2v) is 13.2. The molecule has 16 heteroatoms. The van der Waals surface area contributed by atoms with Gasteiger partial charge in [0.2, 0.25) is 0 Å². The van der Waals surface area contributed by atoms with Gasteiger partial charge >= 0.3 is 12.4 Å². The van der Waals surface area contributed by atoms with Gasteiger partial charge in [0, 0.05) is 4.88 Å². The molecule has 4 rings (SSSR count). The molecule has 0 unspecified atom stereocenters. The number of anilines is 2. The van der Waals surface area contributed by atoms with E-state index in [0.29, 0.717) is 39.0 Å². The van der Waals surface area contributed by atoms with E-state index in [1.54, 1.807) is 12.1 Å². The zero-order valence-electron chi connectivity index (χ0n) is 19.5. The number of alkyl halides is 6. The van der Waals surface area contributed by atoms with Crippen molar-refractivity contribution in [2.75, 3.05) is 9.44 Å². The van der Waals surface area contributed by atoms with Crippen molar-refractivity contribution in [2.45, 2.75) is 22.1 Å². The first kappa shape index (κ1) is 29.7. The second kappa shape index (κ2) is 10.6. The van der Waals surface area contributed by atoms with Crippen LogP contribution in [-0.2, 0) is 32.4 Å². The van der Waals surface area contributed by atoms with Crippen molar-refractivity contribution in [1.82, 2.24) is 0 Å². The number of sulfonamides is 2. The Balaban J connectivity index is 1.78. The largest absolute Gasteiger partial charge is 0.416 e. The predicted molar refractivity (Wildman–Crippen MR) is 139 cm³/mol. The zero-order chi connectivity index (χ0) is 29.5. The third-order valence-corrected chi connectivity index (χ3v) is 9.32. The first-order valence-electron chi connectivity index (χ1n) is 10.8. The summed E-state index contributed by atoms with van der Waals surface area (Å²) >= 11 is 7.07. The van der Waals surface area contributed by atoms with E-state index in [4.69, 9.17) is 11.6 Å². The molecule has 0 aliphatic carbocycles. The lowest BCUT2D eigenvalue weighted by molar-refractivity contribution is -0.138. The van der Waals surface area contributed by atoms with Crippen molar-refractivity contribution in [1.29, 1.82) is 0 Å². The first-order chi connectivity index (χ1) is 18.5. The van der Waals surface area contributed by atoms with Gasteiger partial charge in [-0.15, -0.1) is 11.3 Å². The van der Waals surface area contributed by atoms with Crippen LogP contribution >= 0.6 is 22.9 Å². The Morgan fingerprint density at radius 2 is 1.12 bits per heavy atom. The van der Waals surface area contributed by atoms with Crippen LogP contribution in [0.15, 0.2) is 88.7 Å². The lowest BCUT2D eigenvalue weighted by Gasteiger charge is -2.17. The molecule has 0 bridgehead atoms.